The van der Waals surface area contributed by atoms with Gasteiger partial charge in [-0.05, 0) is 6.42 Å². The summed E-state index contributed by atoms with van der Waals surface area (Å²) in [7, 11) is 1.77. The summed E-state index contributed by atoms with van der Waals surface area (Å²) in [5, 5.41) is 10.4. The van der Waals surface area contributed by atoms with Crippen molar-refractivity contribution in [3.05, 3.63) is 11.7 Å². The molecule has 0 aliphatic carbocycles. The first-order chi connectivity index (χ1) is 9.17. The van der Waals surface area contributed by atoms with Gasteiger partial charge in [0, 0.05) is 32.5 Å². The fraction of sp³-hybridized carbons (Fsp3) is 0.769. The largest absolute Gasteiger partial charge is 0.356 e. The molecule has 6 nitrogen and oxygen atoms in total. The van der Waals surface area contributed by atoms with Crippen LogP contribution in [0.1, 0.15) is 51.2 Å². The summed E-state index contributed by atoms with van der Waals surface area (Å²) in [5.41, 5.74) is 0. The lowest BCUT2D eigenvalue weighted by Gasteiger charge is -2.10. The molecule has 0 aliphatic rings. The highest BCUT2D eigenvalue weighted by atomic mass is 127. The van der Waals surface area contributed by atoms with Gasteiger partial charge in [0.2, 0.25) is 5.89 Å². The van der Waals surface area contributed by atoms with Gasteiger partial charge < -0.3 is 15.2 Å². The molecule has 0 atom stereocenters. The van der Waals surface area contributed by atoms with Crippen molar-refractivity contribution in [3.63, 3.8) is 0 Å². The van der Waals surface area contributed by atoms with E-state index < -0.39 is 0 Å². The maximum atomic E-state index is 5.18. The molecule has 0 unspecified atom stereocenters. The van der Waals surface area contributed by atoms with Crippen molar-refractivity contribution in [2.24, 2.45) is 4.99 Å². The van der Waals surface area contributed by atoms with Crippen LogP contribution in [-0.2, 0) is 6.42 Å². The van der Waals surface area contributed by atoms with Gasteiger partial charge >= 0.3 is 0 Å². The van der Waals surface area contributed by atoms with E-state index in [1.54, 1.807) is 7.05 Å². The molecule has 7 heteroatoms. The third-order valence-corrected chi connectivity index (χ3v) is 2.68. The van der Waals surface area contributed by atoms with E-state index in [0.29, 0.717) is 18.2 Å². The minimum absolute atomic E-state index is 0. The maximum Gasteiger partial charge on any atom is 0.228 e. The molecule has 0 fully saturated rings. The molecule has 116 valence electrons. The summed E-state index contributed by atoms with van der Waals surface area (Å²) in [4.78, 5) is 8.48. The third-order valence-electron chi connectivity index (χ3n) is 2.68. The molecule has 0 saturated carbocycles. The Morgan fingerprint density at radius 1 is 1.30 bits per heavy atom. The van der Waals surface area contributed by atoms with Crippen LogP contribution in [0.15, 0.2) is 9.52 Å². The molecule has 0 bridgehead atoms. The molecule has 0 radical (unpaired) electrons. The normalized spacial score (nSPS) is 11.3. The monoisotopic (exact) mass is 395 g/mol. The first-order valence-corrected chi connectivity index (χ1v) is 6.94. The van der Waals surface area contributed by atoms with E-state index in [9.17, 15) is 0 Å². The third kappa shape index (κ3) is 7.06. The number of rotatable bonds is 7. The molecule has 2 N–H and O–H groups in total. The number of nitrogens with zero attached hydrogens (tertiary/aromatic N) is 3. The van der Waals surface area contributed by atoms with E-state index in [1.165, 1.54) is 6.42 Å². The Labute approximate surface area is 138 Å². The average Bonchev–Trinajstić information content (AvgIpc) is 2.86. The van der Waals surface area contributed by atoms with Crippen LogP contribution in [0, 0.1) is 0 Å². The lowest BCUT2D eigenvalue weighted by Crippen LogP contribution is -2.38. The number of aromatic nitrogens is 2. The number of halogens is 1. The summed E-state index contributed by atoms with van der Waals surface area (Å²) >= 11 is 0. The topological polar surface area (TPSA) is 75.3 Å². The predicted molar refractivity (Wildman–Crippen MR) is 91.8 cm³/mol. The summed E-state index contributed by atoms with van der Waals surface area (Å²) in [6, 6.07) is 0. The van der Waals surface area contributed by atoms with Gasteiger partial charge in [-0.25, -0.2) is 0 Å². The van der Waals surface area contributed by atoms with Crippen LogP contribution in [0.25, 0.3) is 0 Å². The van der Waals surface area contributed by atoms with Crippen LogP contribution in [0.2, 0.25) is 0 Å². The molecule has 1 aromatic heterocycles. The number of hydrogen-bond acceptors (Lipinski definition) is 4. The lowest BCUT2D eigenvalue weighted by atomic mass is 10.2. The highest BCUT2D eigenvalue weighted by Crippen LogP contribution is 2.09. The standard InChI is InChI=1S/C13H25N5O.HI/c1-5-6-8-15-13(14-4)16-9-7-11-17-12(10(2)3)18-19-11;/h10H,5-9H2,1-4H3,(H2,14,15,16);1H. The Bertz CT molecular complexity index is 392. The molecule has 1 aromatic rings. The van der Waals surface area contributed by atoms with Gasteiger partial charge in [-0.1, -0.05) is 32.3 Å². The summed E-state index contributed by atoms with van der Waals surface area (Å²) in [6.07, 6.45) is 3.01. The van der Waals surface area contributed by atoms with E-state index in [0.717, 1.165) is 31.3 Å². The van der Waals surface area contributed by atoms with Gasteiger partial charge in [0.25, 0.3) is 0 Å². The van der Waals surface area contributed by atoms with Gasteiger partial charge in [-0.2, -0.15) is 4.98 Å². The quantitative estimate of drug-likeness (QED) is 0.321. The summed E-state index contributed by atoms with van der Waals surface area (Å²) < 4.78 is 5.18. The van der Waals surface area contributed by atoms with Gasteiger partial charge in [-0.15, -0.1) is 24.0 Å². The van der Waals surface area contributed by atoms with Crippen molar-refractivity contribution in [2.75, 3.05) is 20.1 Å². The predicted octanol–water partition coefficient (Wildman–Crippen LogP) is 2.32. The minimum atomic E-state index is 0. The first kappa shape index (κ1) is 19.1. The zero-order chi connectivity index (χ0) is 14.1. The van der Waals surface area contributed by atoms with Crippen molar-refractivity contribution < 1.29 is 4.52 Å². The molecular formula is C13H26IN5O. The highest BCUT2D eigenvalue weighted by molar-refractivity contribution is 14.0. The molecule has 1 rings (SSSR count). The van der Waals surface area contributed by atoms with Gasteiger partial charge in [0.15, 0.2) is 11.8 Å². The Kier molecular flexibility index (Phi) is 10.4. The summed E-state index contributed by atoms with van der Waals surface area (Å²) in [5.74, 6) is 2.55. The smallest absolute Gasteiger partial charge is 0.228 e. The van der Waals surface area contributed by atoms with Crippen LogP contribution in [0.3, 0.4) is 0 Å². The van der Waals surface area contributed by atoms with Crippen LogP contribution in [0.4, 0.5) is 0 Å². The van der Waals surface area contributed by atoms with Gasteiger partial charge in [0.05, 0.1) is 0 Å². The number of nitrogens with one attached hydrogen (secondary N) is 2. The molecule has 1 heterocycles. The lowest BCUT2D eigenvalue weighted by molar-refractivity contribution is 0.371. The fourth-order valence-electron chi connectivity index (χ4n) is 1.50. The van der Waals surface area contributed by atoms with Crippen molar-refractivity contribution in [1.82, 2.24) is 20.8 Å². The van der Waals surface area contributed by atoms with E-state index in [2.05, 4.69) is 32.7 Å². The molecule has 0 saturated heterocycles. The Balaban J connectivity index is 0.00000361. The van der Waals surface area contributed by atoms with Crippen LogP contribution in [0.5, 0.6) is 0 Å². The number of unbranched alkanes of at least 4 members (excludes halogenated alkanes) is 1. The molecule has 0 spiro atoms. The van der Waals surface area contributed by atoms with Gasteiger partial charge in [-0.3, -0.25) is 4.99 Å². The van der Waals surface area contributed by atoms with Crippen molar-refractivity contribution in [3.8, 4) is 0 Å². The second-order valence-corrected chi connectivity index (χ2v) is 4.73. The van der Waals surface area contributed by atoms with Gasteiger partial charge in [0.1, 0.15) is 0 Å². The number of aliphatic imine (C=N–C) groups is 1. The van der Waals surface area contributed by atoms with E-state index in [-0.39, 0.29) is 24.0 Å². The van der Waals surface area contributed by atoms with Crippen LogP contribution < -0.4 is 10.6 Å². The molecule has 20 heavy (non-hydrogen) atoms. The maximum absolute atomic E-state index is 5.18. The SMILES string of the molecule is CCCCNC(=NC)NCCc1nc(C(C)C)no1.I. The Morgan fingerprint density at radius 2 is 2.00 bits per heavy atom. The number of guanidine groups is 1. The molecule has 0 amide bonds. The zero-order valence-electron chi connectivity index (χ0n) is 12.8. The van der Waals surface area contributed by atoms with Crippen molar-refractivity contribution in [1.29, 1.82) is 0 Å². The number of hydrogen-bond donors (Lipinski definition) is 2. The van der Waals surface area contributed by atoms with Crippen LogP contribution in [-0.4, -0.2) is 36.2 Å². The second kappa shape index (κ2) is 10.9. The zero-order valence-corrected chi connectivity index (χ0v) is 15.1. The Hall–Kier alpha value is -0.860. The molecule has 0 aromatic carbocycles. The minimum Gasteiger partial charge on any atom is -0.356 e. The second-order valence-electron chi connectivity index (χ2n) is 4.73. The van der Waals surface area contributed by atoms with E-state index in [1.807, 2.05) is 13.8 Å². The molecule has 0 aliphatic heterocycles. The molecular weight excluding hydrogens is 369 g/mol. The average molecular weight is 395 g/mol. The van der Waals surface area contributed by atoms with Crippen molar-refractivity contribution in [2.45, 2.75) is 46.0 Å². The van der Waals surface area contributed by atoms with Crippen LogP contribution >= 0.6 is 24.0 Å². The highest BCUT2D eigenvalue weighted by Gasteiger charge is 2.09. The Morgan fingerprint density at radius 3 is 2.55 bits per heavy atom. The fourth-order valence-corrected chi connectivity index (χ4v) is 1.50. The van der Waals surface area contributed by atoms with E-state index in [4.69, 9.17) is 4.52 Å². The first-order valence-electron chi connectivity index (χ1n) is 6.94. The summed E-state index contributed by atoms with van der Waals surface area (Å²) in [6.45, 7) is 7.93. The van der Waals surface area contributed by atoms with Crippen molar-refractivity contribution >= 4 is 29.9 Å². The van der Waals surface area contributed by atoms with E-state index >= 15 is 0 Å².